The van der Waals surface area contributed by atoms with E-state index in [2.05, 4.69) is 43.3 Å². The predicted molar refractivity (Wildman–Crippen MR) is 84.0 cm³/mol. The highest BCUT2D eigenvalue weighted by Crippen LogP contribution is 2.29. The van der Waals surface area contributed by atoms with Crippen molar-refractivity contribution < 1.29 is 4.74 Å². The molecule has 2 N–H and O–H groups in total. The summed E-state index contributed by atoms with van der Waals surface area (Å²) in [5, 5.41) is 0. The topological polar surface area (TPSA) is 53.1 Å². The molecule has 0 radical (unpaired) electrons. The number of fused-ring (bicyclic) bond motifs is 1. The van der Waals surface area contributed by atoms with Gasteiger partial charge >= 0.3 is 0 Å². The molecular weight excluding hydrogens is 250 g/mol. The van der Waals surface area contributed by atoms with Crippen molar-refractivity contribution in [3.8, 4) is 5.75 Å². The summed E-state index contributed by atoms with van der Waals surface area (Å²) < 4.78 is 7.83. The van der Waals surface area contributed by atoms with Gasteiger partial charge in [0.1, 0.15) is 11.3 Å². The Kier molecular flexibility index (Phi) is 4.21. The van der Waals surface area contributed by atoms with E-state index in [1.807, 2.05) is 12.1 Å². The fraction of sp³-hybridized carbons (Fsp3) is 0.562. The fourth-order valence-corrected chi connectivity index (χ4v) is 2.15. The van der Waals surface area contributed by atoms with E-state index in [4.69, 9.17) is 10.5 Å². The summed E-state index contributed by atoms with van der Waals surface area (Å²) >= 11 is 0. The zero-order chi connectivity index (χ0) is 14.8. The molecule has 0 saturated carbocycles. The molecule has 2 aromatic rings. The Morgan fingerprint density at radius 3 is 2.70 bits per heavy atom. The smallest absolute Gasteiger partial charge is 0.201 e. The van der Waals surface area contributed by atoms with Gasteiger partial charge in [-0.05, 0) is 30.4 Å². The van der Waals surface area contributed by atoms with Gasteiger partial charge in [0, 0.05) is 6.54 Å². The van der Waals surface area contributed by atoms with Gasteiger partial charge in [-0.2, -0.15) is 0 Å². The average molecular weight is 275 g/mol. The highest BCUT2D eigenvalue weighted by atomic mass is 16.5. The van der Waals surface area contributed by atoms with Crippen LogP contribution in [0.3, 0.4) is 0 Å². The quantitative estimate of drug-likeness (QED) is 0.902. The molecule has 0 spiro atoms. The van der Waals surface area contributed by atoms with Crippen LogP contribution in [0.4, 0.5) is 5.95 Å². The summed E-state index contributed by atoms with van der Waals surface area (Å²) in [5.74, 6) is 1.39. The lowest BCUT2D eigenvalue weighted by molar-refractivity contribution is 0.320. The third-order valence-electron chi connectivity index (χ3n) is 3.32. The van der Waals surface area contributed by atoms with Crippen LogP contribution in [0.2, 0.25) is 0 Å². The van der Waals surface area contributed by atoms with Crippen LogP contribution in [-0.2, 0) is 6.54 Å². The highest BCUT2D eigenvalue weighted by molar-refractivity contribution is 5.84. The Labute approximate surface area is 120 Å². The van der Waals surface area contributed by atoms with Crippen molar-refractivity contribution in [1.29, 1.82) is 0 Å². The maximum Gasteiger partial charge on any atom is 0.201 e. The second kappa shape index (κ2) is 5.73. The van der Waals surface area contributed by atoms with Gasteiger partial charge in [-0.1, -0.05) is 33.8 Å². The van der Waals surface area contributed by atoms with Gasteiger partial charge in [-0.3, -0.25) is 0 Å². The summed E-state index contributed by atoms with van der Waals surface area (Å²) in [5.41, 5.74) is 8.28. The minimum atomic E-state index is 0.277. The van der Waals surface area contributed by atoms with E-state index >= 15 is 0 Å². The minimum absolute atomic E-state index is 0.277. The number of nitrogens with zero attached hydrogens (tertiary/aromatic N) is 2. The Morgan fingerprint density at radius 2 is 2.05 bits per heavy atom. The maximum absolute atomic E-state index is 6.08. The molecule has 0 amide bonds. The molecule has 1 heterocycles. The average Bonchev–Trinajstić information content (AvgIpc) is 2.69. The van der Waals surface area contributed by atoms with Gasteiger partial charge in [0.25, 0.3) is 0 Å². The summed E-state index contributed by atoms with van der Waals surface area (Å²) in [6.45, 7) is 10.4. The van der Waals surface area contributed by atoms with Crippen molar-refractivity contribution >= 4 is 17.0 Å². The standard InChI is InChI=1S/C16H25N3O/c1-5-11-20-13-8-6-7-12-14(13)18-15(17)19(12)10-9-16(2,3)4/h6-8H,5,9-11H2,1-4H3,(H2,17,18). The summed E-state index contributed by atoms with van der Waals surface area (Å²) in [6.07, 6.45) is 2.04. The van der Waals surface area contributed by atoms with Gasteiger partial charge in [-0.15, -0.1) is 0 Å². The third-order valence-corrected chi connectivity index (χ3v) is 3.32. The Morgan fingerprint density at radius 1 is 1.30 bits per heavy atom. The van der Waals surface area contributed by atoms with E-state index in [9.17, 15) is 0 Å². The zero-order valence-corrected chi connectivity index (χ0v) is 12.9. The SMILES string of the molecule is CCCOc1cccc2c1nc(N)n2CCC(C)(C)C. The monoisotopic (exact) mass is 275 g/mol. The van der Waals surface area contributed by atoms with E-state index in [1.54, 1.807) is 0 Å². The Bertz CT molecular complexity index is 581. The minimum Gasteiger partial charge on any atom is -0.491 e. The van der Waals surface area contributed by atoms with Gasteiger partial charge in [0.05, 0.1) is 12.1 Å². The van der Waals surface area contributed by atoms with E-state index < -0.39 is 0 Å². The predicted octanol–water partition coefficient (Wildman–Crippen LogP) is 3.84. The first kappa shape index (κ1) is 14.7. The van der Waals surface area contributed by atoms with E-state index in [1.165, 1.54) is 0 Å². The van der Waals surface area contributed by atoms with Gasteiger partial charge in [0.15, 0.2) is 0 Å². The molecule has 0 saturated heterocycles. The number of para-hydroxylation sites is 1. The lowest BCUT2D eigenvalue weighted by atomic mass is 9.92. The first-order valence-electron chi connectivity index (χ1n) is 7.30. The van der Waals surface area contributed by atoms with Gasteiger partial charge < -0.3 is 15.0 Å². The van der Waals surface area contributed by atoms with Crippen LogP contribution in [-0.4, -0.2) is 16.2 Å². The molecular formula is C16H25N3O. The number of nitrogens with two attached hydrogens (primary N) is 1. The summed E-state index contributed by atoms with van der Waals surface area (Å²) in [7, 11) is 0. The molecule has 2 rings (SSSR count). The fourth-order valence-electron chi connectivity index (χ4n) is 2.15. The molecule has 1 aromatic heterocycles. The summed E-state index contributed by atoms with van der Waals surface area (Å²) in [4.78, 5) is 4.48. The molecule has 0 atom stereocenters. The van der Waals surface area contributed by atoms with Crippen LogP contribution in [0.15, 0.2) is 18.2 Å². The normalized spacial score (nSPS) is 12.0. The molecule has 0 unspecified atom stereocenters. The lowest BCUT2D eigenvalue weighted by Gasteiger charge is -2.18. The third kappa shape index (κ3) is 3.24. The molecule has 20 heavy (non-hydrogen) atoms. The summed E-state index contributed by atoms with van der Waals surface area (Å²) in [6, 6.07) is 6.01. The molecule has 0 aliphatic rings. The van der Waals surface area contributed by atoms with Crippen molar-refractivity contribution in [3.63, 3.8) is 0 Å². The van der Waals surface area contributed by atoms with Crippen molar-refractivity contribution in [1.82, 2.24) is 9.55 Å². The highest BCUT2D eigenvalue weighted by Gasteiger charge is 2.15. The number of anilines is 1. The Balaban J connectivity index is 2.34. The van der Waals surface area contributed by atoms with Crippen LogP contribution < -0.4 is 10.5 Å². The van der Waals surface area contributed by atoms with Gasteiger partial charge in [0.2, 0.25) is 5.95 Å². The van der Waals surface area contributed by atoms with Crippen molar-refractivity contribution in [2.45, 2.75) is 47.1 Å². The van der Waals surface area contributed by atoms with E-state index in [0.29, 0.717) is 12.6 Å². The number of nitrogen functional groups attached to an aromatic ring is 1. The number of ether oxygens (including phenoxy) is 1. The molecule has 4 nitrogen and oxygen atoms in total. The second-order valence-corrected chi connectivity index (χ2v) is 6.40. The molecule has 0 aliphatic carbocycles. The molecule has 0 bridgehead atoms. The number of hydrogen-bond acceptors (Lipinski definition) is 3. The molecule has 1 aromatic carbocycles. The number of rotatable bonds is 5. The number of aromatic nitrogens is 2. The van der Waals surface area contributed by atoms with E-state index in [0.717, 1.165) is 36.2 Å². The second-order valence-electron chi connectivity index (χ2n) is 6.40. The van der Waals surface area contributed by atoms with E-state index in [-0.39, 0.29) is 5.41 Å². The van der Waals surface area contributed by atoms with Crippen LogP contribution in [0.1, 0.15) is 40.5 Å². The van der Waals surface area contributed by atoms with Crippen molar-refractivity contribution in [2.75, 3.05) is 12.3 Å². The van der Waals surface area contributed by atoms with Crippen molar-refractivity contribution in [3.05, 3.63) is 18.2 Å². The number of imidazole rings is 1. The molecule has 0 aliphatic heterocycles. The number of aryl methyl sites for hydroxylation is 1. The van der Waals surface area contributed by atoms with Crippen LogP contribution in [0, 0.1) is 5.41 Å². The maximum atomic E-state index is 6.08. The largest absolute Gasteiger partial charge is 0.491 e. The molecule has 0 fully saturated rings. The lowest BCUT2D eigenvalue weighted by Crippen LogP contribution is -2.12. The van der Waals surface area contributed by atoms with Crippen molar-refractivity contribution in [2.24, 2.45) is 5.41 Å². The number of benzene rings is 1. The zero-order valence-electron chi connectivity index (χ0n) is 12.9. The van der Waals surface area contributed by atoms with Gasteiger partial charge in [-0.25, -0.2) is 4.98 Å². The first-order valence-corrected chi connectivity index (χ1v) is 7.30. The Hall–Kier alpha value is -1.71. The first-order chi connectivity index (χ1) is 9.42. The van der Waals surface area contributed by atoms with Crippen LogP contribution in [0.25, 0.3) is 11.0 Å². The molecule has 4 heteroatoms. The van der Waals surface area contributed by atoms with Crippen LogP contribution >= 0.6 is 0 Å². The molecule has 110 valence electrons. The van der Waals surface area contributed by atoms with Crippen LogP contribution in [0.5, 0.6) is 5.75 Å². The number of hydrogen-bond donors (Lipinski definition) is 1.